The Labute approximate surface area is 285 Å². The number of hydrogen-bond acceptors (Lipinski definition) is 1. The molecule has 0 saturated heterocycles. The first-order valence-corrected chi connectivity index (χ1v) is 17.1. The van der Waals surface area contributed by atoms with Gasteiger partial charge in [-0.3, -0.25) is 0 Å². The lowest BCUT2D eigenvalue weighted by Crippen LogP contribution is -2.10. The molecule has 0 radical (unpaired) electrons. The zero-order valence-electron chi connectivity index (χ0n) is 27.0. The van der Waals surface area contributed by atoms with Gasteiger partial charge in [0.15, 0.2) is 0 Å². The van der Waals surface area contributed by atoms with Gasteiger partial charge in [0.25, 0.3) is 0 Å². The van der Waals surface area contributed by atoms with Crippen molar-refractivity contribution in [3.05, 3.63) is 181 Å². The third-order valence-electron chi connectivity index (χ3n) is 10.1. The van der Waals surface area contributed by atoms with E-state index in [-0.39, 0.29) is 0 Å². The Kier molecular flexibility index (Phi) is 6.31. The summed E-state index contributed by atoms with van der Waals surface area (Å²) in [5.41, 5.74) is 12.1. The number of benzene rings is 7. The fraction of sp³-hybridized carbons (Fsp3) is 0.0435. The van der Waals surface area contributed by atoms with Crippen molar-refractivity contribution in [2.24, 2.45) is 0 Å². The van der Waals surface area contributed by atoms with Crippen LogP contribution in [0.5, 0.6) is 0 Å². The number of hydrogen-bond donors (Lipinski definition) is 0. The quantitative estimate of drug-likeness (QED) is 0.185. The maximum absolute atomic E-state index is 2.46. The largest absolute Gasteiger partial charge is 0.313 e. The molecule has 1 aliphatic rings. The second-order valence-electron chi connectivity index (χ2n) is 12.9. The summed E-state index contributed by atoms with van der Waals surface area (Å²) in [7, 11) is 0. The summed E-state index contributed by atoms with van der Waals surface area (Å²) in [4.78, 5) is 2.43. The highest BCUT2D eigenvalue weighted by molar-refractivity contribution is 6.11. The van der Waals surface area contributed by atoms with E-state index in [0.29, 0.717) is 0 Å². The van der Waals surface area contributed by atoms with Gasteiger partial charge in [-0.05, 0) is 102 Å². The second kappa shape index (κ2) is 11.1. The molecule has 0 unspecified atom stereocenters. The first-order chi connectivity index (χ1) is 24.3. The summed E-state index contributed by atoms with van der Waals surface area (Å²) in [5.74, 6) is 0. The molecule has 0 spiro atoms. The molecule has 0 amide bonds. The third kappa shape index (κ3) is 4.43. The van der Waals surface area contributed by atoms with Gasteiger partial charge in [-0.25, -0.2) is 0 Å². The molecule has 3 nitrogen and oxygen atoms in total. The van der Waals surface area contributed by atoms with Crippen molar-refractivity contribution >= 4 is 66.6 Å². The van der Waals surface area contributed by atoms with Gasteiger partial charge in [0.2, 0.25) is 0 Å². The van der Waals surface area contributed by atoms with Gasteiger partial charge < -0.3 is 14.0 Å². The summed E-state index contributed by atoms with van der Waals surface area (Å²) in [6, 6.07) is 59.6. The van der Waals surface area contributed by atoms with Crippen molar-refractivity contribution in [2.75, 3.05) is 4.90 Å². The fourth-order valence-corrected chi connectivity index (χ4v) is 7.94. The van der Waals surface area contributed by atoms with Crippen LogP contribution in [-0.2, 0) is 6.42 Å². The Bertz CT molecular complexity index is 2710. The highest BCUT2D eigenvalue weighted by Crippen LogP contribution is 2.43. The maximum Gasteiger partial charge on any atom is 0.0542 e. The van der Waals surface area contributed by atoms with E-state index in [4.69, 9.17) is 0 Å². The zero-order chi connectivity index (χ0) is 32.3. The van der Waals surface area contributed by atoms with Crippen molar-refractivity contribution in [3.63, 3.8) is 0 Å². The predicted molar refractivity (Wildman–Crippen MR) is 207 cm³/mol. The summed E-state index contributed by atoms with van der Waals surface area (Å²) < 4.78 is 4.84. The molecule has 3 heteroatoms. The van der Waals surface area contributed by atoms with E-state index < -0.39 is 0 Å². The van der Waals surface area contributed by atoms with Crippen molar-refractivity contribution in [3.8, 4) is 11.4 Å². The molecule has 49 heavy (non-hydrogen) atoms. The van der Waals surface area contributed by atoms with Crippen molar-refractivity contribution in [1.29, 1.82) is 0 Å². The molecule has 2 heterocycles. The van der Waals surface area contributed by atoms with Crippen LogP contribution in [0.4, 0.5) is 17.1 Å². The van der Waals surface area contributed by atoms with Crippen LogP contribution >= 0.6 is 0 Å². The molecule has 0 N–H and O–H groups in total. The molecule has 0 fully saturated rings. The number of anilines is 3. The molecule has 2 aromatic heterocycles. The van der Waals surface area contributed by atoms with Crippen LogP contribution in [0, 0.1) is 0 Å². The van der Waals surface area contributed by atoms with E-state index in [9.17, 15) is 0 Å². The van der Waals surface area contributed by atoms with Gasteiger partial charge in [0.1, 0.15) is 0 Å². The first-order valence-electron chi connectivity index (χ1n) is 17.1. The molecule has 0 atom stereocenters. The van der Waals surface area contributed by atoms with Crippen molar-refractivity contribution in [1.82, 2.24) is 9.13 Å². The van der Waals surface area contributed by atoms with E-state index in [2.05, 4.69) is 190 Å². The van der Waals surface area contributed by atoms with Crippen molar-refractivity contribution in [2.45, 2.75) is 12.8 Å². The second-order valence-corrected chi connectivity index (χ2v) is 12.9. The minimum Gasteiger partial charge on any atom is -0.313 e. The molecular formula is C46H33N3. The molecule has 9 aromatic rings. The Balaban J connectivity index is 1.22. The minimum atomic E-state index is 1.03. The van der Waals surface area contributed by atoms with Crippen LogP contribution in [0.25, 0.3) is 60.9 Å². The van der Waals surface area contributed by atoms with E-state index in [1.54, 1.807) is 0 Å². The number of nitrogens with zero attached hydrogens (tertiary/aromatic N) is 3. The van der Waals surface area contributed by atoms with Gasteiger partial charge >= 0.3 is 0 Å². The summed E-state index contributed by atoms with van der Waals surface area (Å²) >= 11 is 0. The Hall–Kier alpha value is -6.32. The summed E-state index contributed by atoms with van der Waals surface area (Å²) in [5, 5.41) is 6.22. The maximum atomic E-state index is 2.46. The highest BCUT2D eigenvalue weighted by atomic mass is 15.1. The predicted octanol–water partition coefficient (Wildman–Crippen LogP) is 12.3. The van der Waals surface area contributed by atoms with Crippen LogP contribution < -0.4 is 4.90 Å². The van der Waals surface area contributed by atoms with Gasteiger partial charge in [-0.1, -0.05) is 97.1 Å². The number of fused-ring (bicyclic) bond motifs is 7. The highest BCUT2D eigenvalue weighted by Gasteiger charge is 2.22. The zero-order valence-corrected chi connectivity index (χ0v) is 27.0. The summed E-state index contributed by atoms with van der Waals surface area (Å²) in [6.07, 6.45) is 6.74. The fourth-order valence-electron chi connectivity index (χ4n) is 7.94. The molecule has 0 saturated carbocycles. The standard InChI is InChI=1S/C46H33N3/c1-3-15-34(16-4-1)48-43-21-11-9-19-39(43)41-30-37(25-27-45(41)48)47(36-24-23-32-13-7-8-14-33(32)29-36)38-26-28-46-42(31-38)40-20-10-12-22-44(40)49(46)35-17-5-2-6-18-35/h1-11,13-21,23-31H,12,22H2. The topological polar surface area (TPSA) is 13.1 Å². The van der Waals surface area contributed by atoms with E-state index in [1.807, 2.05) is 0 Å². The molecule has 232 valence electrons. The lowest BCUT2D eigenvalue weighted by molar-refractivity contribution is 0.888. The van der Waals surface area contributed by atoms with Crippen LogP contribution in [0.3, 0.4) is 0 Å². The van der Waals surface area contributed by atoms with Gasteiger partial charge in [0.05, 0.1) is 16.6 Å². The summed E-state index contributed by atoms with van der Waals surface area (Å²) in [6.45, 7) is 0. The number of aromatic nitrogens is 2. The Morgan fingerprint density at radius 1 is 0.429 bits per heavy atom. The number of allylic oxidation sites excluding steroid dienone is 1. The van der Waals surface area contributed by atoms with Gasteiger partial charge in [-0.2, -0.15) is 0 Å². The van der Waals surface area contributed by atoms with E-state index in [0.717, 1.165) is 29.9 Å². The Morgan fingerprint density at radius 2 is 1.00 bits per heavy atom. The van der Waals surface area contributed by atoms with Gasteiger partial charge in [0, 0.05) is 55.9 Å². The van der Waals surface area contributed by atoms with E-state index in [1.165, 1.54) is 66.1 Å². The van der Waals surface area contributed by atoms with Crippen LogP contribution in [0.15, 0.2) is 170 Å². The average molecular weight is 628 g/mol. The molecule has 10 rings (SSSR count). The normalized spacial score (nSPS) is 12.7. The van der Waals surface area contributed by atoms with Crippen molar-refractivity contribution < 1.29 is 0 Å². The van der Waals surface area contributed by atoms with Crippen LogP contribution in [-0.4, -0.2) is 9.13 Å². The molecule has 7 aromatic carbocycles. The third-order valence-corrected chi connectivity index (χ3v) is 10.1. The smallest absolute Gasteiger partial charge is 0.0542 e. The molecule has 0 aliphatic heterocycles. The average Bonchev–Trinajstić information content (AvgIpc) is 3.68. The minimum absolute atomic E-state index is 1.03. The number of para-hydroxylation sites is 3. The SMILES string of the molecule is C1=Cc2c(n(-c3ccccc3)c3ccc(N(c4ccc5ccccc5c4)c4ccc5c(c4)c4ccccc4n5-c4ccccc4)cc23)CC1. The van der Waals surface area contributed by atoms with Crippen LogP contribution in [0.2, 0.25) is 0 Å². The molecule has 0 bridgehead atoms. The molecule has 1 aliphatic carbocycles. The lowest BCUT2D eigenvalue weighted by Gasteiger charge is -2.26. The number of rotatable bonds is 5. The molecular weight excluding hydrogens is 595 g/mol. The first kappa shape index (κ1) is 27.8. The van der Waals surface area contributed by atoms with Gasteiger partial charge in [-0.15, -0.1) is 0 Å². The monoisotopic (exact) mass is 627 g/mol. The lowest BCUT2D eigenvalue weighted by atomic mass is 10.0. The van der Waals surface area contributed by atoms with Crippen LogP contribution in [0.1, 0.15) is 17.7 Å². The van der Waals surface area contributed by atoms with E-state index >= 15 is 0 Å². The Morgan fingerprint density at radius 3 is 1.78 bits per heavy atom.